The fraction of sp³-hybridized carbons (Fsp3) is 0.304. The smallest absolute Gasteiger partial charge is 0.269 e. The van der Waals surface area contributed by atoms with E-state index >= 15 is 0 Å². The van der Waals surface area contributed by atoms with E-state index in [1.807, 2.05) is 48.3 Å². The topological polar surface area (TPSA) is 35.9 Å². The first-order valence-electron chi connectivity index (χ1n) is 10.2. The quantitative estimate of drug-likeness (QED) is 0.427. The Morgan fingerprint density at radius 3 is 2.60 bits per heavy atom. The van der Waals surface area contributed by atoms with Crippen LogP contribution < -0.4 is 4.90 Å². The van der Waals surface area contributed by atoms with Crippen molar-refractivity contribution in [1.29, 1.82) is 0 Å². The van der Waals surface area contributed by atoms with Crippen LogP contribution in [-0.4, -0.2) is 29.1 Å². The summed E-state index contributed by atoms with van der Waals surface area (Å²) in [6.45, 7) is 0. The molecule has 0 N–H and O–H groups in total. The number of rotatable bonds is 2. The van der Waals surface area contributed by atoms with Gasteiger partial charge in [0, 0.05) is 22.5 Å². The van der Waals surface area contributed by atoms with E-state index in [1.54, 1.807) is 11.8 Å². The third-order valence-electron chi connectivity index (χ3n) is 5.72. The molecule has 1 amide bonds. The normalized spacial score (nSPS) is 23.5. The number of amides is 1. The maximum absolute atomic E-state index is 13.7. The van der Waals surface area contributed by atoms with Crippen LogP contribution in [0, 0.1) is 0 Å². The number of anilines is 1. The molecule has 2 heterocycles. The lowest BCUT2D eigenvalue weighted by Gasteiger charge is -2.30. The molecule has 1 saturated heterocycles. The third-order valence-corrected chi connectivity index (χ3v) is 8.62. The molecule has 0 unspecified atom stereocenters. The summed E-state index contributed by atoms with van der Waals surface area (Å²) in [6.07, 6.45) is 5.71. The van der Waals surface area contributed by atoms with Gasteiger partial charge in [0.15, 0.2) is 5.17 Å². The maximum Gasteiger partial charge on any atom is 0.269 e. The Morgan fingerprint density at radius 1 is 1.03 bits per heavy atom. The molecule has 0 radical (unpaired) electrons. The monoisotopic (exact) mass is 499 g/mol. The average Bonchev–Trinajstić information content (AvgIpc) is 3.25. The highest BCUT2D eigenvalue weighted by Gasteiger charge is 2.42. The number of halogens is 1. The molecule has 0 bridgehead atoms. The first-order valence-corrected chi connectivity index (χ1v) is 12.6. The van der Waals surface area contributed by atoms with Crippen LogP contribution in [0.1, 0.15) is 32.1 Å². The van der Waals surface area contributed by atoms with E-state index in [0.717, 1.165) is 43.8 Å². The number of carbonyl (C=O) groups excluding carboxylic acids is 1. The Hall–Kier alpha value is -1.70. The number of hydrogen-bond donors (Lipinski definition) is 0. The molecular formula is C23H22BrN3OS2. The van der Waals surface area contributed by atoms with Gasteiger partial charge in [-0.1, -0.05) is 65.2 Å². The van der Waals surface area contributed by atoms with Crippen LogP contribution in [0.4, 0.5) is 11.4 Å². The van der Waals surface area contributed by atoms with Crippen LogP contribution in [0.2, 0.25) is 0 Å². The molecule has 0 spiro atoms. The number of carbonyl (C=O) groups is 1. The van der Waals surface area contributed by atoms with Crippen LogP contribution in [0.15, 0.2) is 72.8 Å². The van der Waals surface area contributed by atoms with Crippen molar-refractivity contribution < 1.29 is 4.79 Å². The summed E-state index contributed by atoms with van der Waals surface area (Å²) in [5.41, 5.74) is 2.02. The Bertz CT molecular complexity index is 1060. The van der Waals surface area contributed by atoms with E-state index < -0.39 is 0 Å². The Morgan fingerprint density at radius 2 is 1.83 bits per heavy atom. The van der Waals surface area contributed by atoms with Crippen LogP contribution in [-0.2, 0) is 4.79 Å². The summed E-state index contributed by atoms with van der Waals surface area (Å²) in [4.78, 5) is 24.7. The van der Waals surface area contributed by atoms with E-state index in [0.29, 0.717) is 0 Å². The number of benzene rings is 2. The van der Waals surface area contributed by atoms with Crippen molar-refractivity contribution in [1.82, 2.24) is 4.90 Å². The minimum absolute atomic E-state index is 0.0998. The molecule has 30 heavy (non-hydrogen) atoms. The Kier molecular flexibility index (Phi) is 5.69. The molecule has 2 aromatic rings. The van der Waals surface area contributed by atoms with E-state index in [2.05, 4.69) is 33.0 Å². The van der Waals surface area contributed by atoms with E-state index in [-0.39, 0.29) is 11.9 Å². The first kappa shape index (κ1) is 20.2. The van der Waals surface area contributed by atoms with Crippen molar-refractivity contribution in [3.8, 4) is 0 Å². The summed E-state index contributed by atoms with van der Waals surface area (Å²) < 4.78 is 0.989. The van der Waals surface area contributed by atoms with Crippen LogP contribution in [0.25, 0.3) is 0 Å². The molecule has 4 nitrogen and oxygen atoms in total. The first-order chi connectivity index (χ1) is 14.6. The van der Waals surface area contributed by atoms with Crippen LogP contribution in [0.3, 0.4) is 0 Å². The average molecular weight is 500 g/mol. The summed E-state index contributed by atoms with van der Waals surface area (Å²) in [5.74, 6) is 0.0998. The largest absolute Gasteiger partial charge is 0.337 e. The minimum atomic E-state index is 0.0998. The molecule has 7 heteroatoms. The molecule has 0 aromatic heterocycles. The van der Waals surface area contributed by atoms with Gasteiger partial charge in [-0.3, -0.25) is 9.69 Å². The van der Waals surface area contributed by atoms with Crippen molar-refractivity contribution in [2.75, 3.05) is 11.9 Å². The predicted molar refractivity (Wildman–Crippen MR) is 130 cm³/mol. The highest BCUT2D eigenvalue weighted by Crippen LogP contribution is 2.50. The van der Waals surface area contributed by atoms with Crippen LogP contribution >= 0.6 is 39.5 Å². The second-order valence-electron chi connectivity index (χ2n) is 7.71. The highest BCUT2D eigenvalue weighted by molar-refractivity contribution is 9.10. The van der Waals surface area contributed by atoms with Gasteiger partial charge >= 0.3 is 0 Å². The number of fused-ring (bicyclic) bond motifs is 1. The molecule has 5 rings (SSSR count). The van der Waals surface area contributed by atoms with Crippen molar-refractivity contribution in [3.05, 3.63) is 62.9 Å². The van der Waals surface area contributed by atoms with Gasteiger partial charge in [0.05, 0.1) is 16.4 Å². The van der Waals surface area contributed by atoms with Crippen molar-refractivity contribution in [3.63, 3.8) is 0 Å². The predicted octanol–water partition coefficient (Wildman–Crippen LogP) is 6.76. The molecule has 2 fully saturated rings. The minimum Gasteiger partial charge on any atom is -0.337 e. The number of aliphatic imine (C=N–C) groups is 1. The molecule has 1 aliphatic carbocycles. The fourth-order valence-electron chi connectivity index (χ4n) is 4.21. The second kappa shape index (κ2) is 8.44. The van der Waals surface area contributed by atoms with Crippen molar-refractivity contribution in [2.45, 2.75) is 43.0 Å². The lowest BCUT2D eigenvalue weighted by molar-refractivity contribution is -0.124. The van der Waals surface area contributed by atoms with Gasteiger partial charge in [0.25, 0.3) is 5.91 Å². The number of amidine groups is 1. The summed E-state index contributed by atoms with van der Waals surface area (Å²) in [5, 5.41) is 1.81. The zero-order valence-corrected chi connectivity index (χ0v) is 19.9. The van der Waals surface area contributed by atoms with Gasteiger partial charge in [-0.2, -0.15) is 0 Å². The SMILES string of the molecule is CN1/C(=C2/SC(=Nc3cccc(Br)c3)N(C3CCCCC3)C2=O)Sc2ccccc21. The Balaban J connectivity index is 1.56. The molecule has 154 valence electrons. The standard InChI is InChI=1S/C23H22BrN3OS2/c1-26-18-12-5-6-13-19(18)29-22(26)20-21(28)27(17-10-3-2-4-11-17)23(30-20)25-16-9-7-8-15(24)14-16/h5-9,12-14,17H,2-4,10-11H2,1H3/b22-20-,25-23?. The number of nitrogens with zero attached hydrogens (tertiary/aromatic N) is 3. The van der Waals surface area contributed by atoms with E-state index in [1.165, 1.54) is 35.9 Å². The number of thioether (sulfide) groups is 2. The molecule has 2 aromatic carbocycles. The van der Waals surface area contributed by atoms with Gasteiger partial charge < -0.3 is 4.90 Å². The lowest BCUT2D eigenvalue weighted by Crippen LogP contribution is -2.40. The summed E-state index contributed by atoms with van der Waals surface area (Å²) in [6, 6.07) is 16.5. The van der Waals surface area contributed by atoms with E-state index in [4.69, 9.17) is 4.99 Å². The van der Waals surface area contributed by atoms with Crippen molar-refractivity contribution >= 4 is 61.9 Å². The zero-order chi connectivity index (χ0) is 20.7. The third kappa shape index (κ3) is 3.72. The van der Waals surface area contributed by atoms with Gasteiger partial charge in [-0.05, 0) is 54.9 Å². The number of para-hydroxylation sites is 1. The second-order valence-corrected chi connectivity index (χ2v) is 10.6. The van der Waals surface area contributed by atoms with Crippen LogP contribution in [0.5, 0.6) is 0 Å². The summed E-state index contributed by atoms with van der Waals surface area (Å²) >= 11 is 6.73. The summed E-state index contributed by atoms with van der Waals surface area (Å²) in [7, 11) is 2.05. The van der Waals surface area contributed by atoms with E-state index in [9.17, 15) is 4.79 Å². The van der Waals surface area contributed by atoms with Gasteiger partial charge in [-0.25, -0.2) is 4.99 Å². The Labute approximate surface area is 193 Å². The molecular weight excluding hydrogens is 478 g/mol. The van der Waals surface area contributed by atoms with Crippen molar-refractivity contribution in [2.24, 2.45) is 4.99 Å². The molecule has 2 aliphatic heterocycles. The van der Waals surface area contributed by atoms with Gasteiger partial charge in [0.2, 0.25) is 0 Å². The lowest BCUT2D eigenvalue weighted by atomic mass is 9.94. The van der Waals surface area contributed by atoms with Gasteiger partial charge in [0.1, 0.15) is 4.91 Å². The molecule has 3 aliphatic rings. The fourth-order valence-corrected chi connectivity index (χ4v) is 7.00. The maximum atomic E-state index is 13.7. The van der Waals surface area contributed by atoms with Gasteiger partial charge in [-0.15, -0.1) is 0 Å². The number of hydrogen-bond acceptors (Lipinski definition) is 5. The highest BCUT2D eigenvalue weighted by atomic mass is 79.9. The molecule has 0 atom stereocenters. The zero-order valence-electron chi connectivity index (χ0n) is 16.7. The molecule has 1 saturated carbocycles.